The van der Waals surface area contributed by atoms with Gasteiger partial charge in [-0.05, 0) is 13.3 Å². The van der Waals surface area contributed by atoms with Gasteiger partial charge in [0, 0.05) is 13.1 Å². The second-order valence-corrected chi connectivity index (χ2v) is 4.97. The molecule has 0 aliphatic carbocycles. The molecule has 2 atom stereocenters. The van der Waals surface area contributed by atoms with Gasteiger partial charge in [-0.15, -0.1) is 0 Å². The van der Waals surface area contributed by atoms with E-state index in [1.807, 2.05) is 6.92 Å². The Balaban J connectivity index is 0. The number of hydrogen-bond acceptors (Lipinski definition) is 4. The summed E-state index contributed by atoms with van der Waals surface area (Å²) in [5, 5.41) is 17.4. The molecular formula is C9H24NO5P. The maximum atomic E-state index is 11.7. The van der Waals surface area contributed by atoms with Gasteiger partial charge in [-0.25, -0.2) is 9.24 Å². The number of hydrogen-bond donors (Lipinski definition) is 3. The number of rotatable bonds is 8. The summed E-state index contributed by atoms with van der Waals surface area (Å²) in [6.45, 7) is 3.03. The lowest BCUT2D eigenvalue weighted by Crippen LogP contribution is -2.29. The van der Waals surface area contributed by atoms with E-state index in [1.54, 1.807) is 6.92 Å². The topological polar surface area (TPSA) is 90.2 Å². The summed E-state index contributed by atoms with van der Waals surface area (Å²) in [5.74, 6) is 0. The van der Waals surface area contributed by atoms with Crippen LogP contribution in [0.25, 0.3) is 0 Å². The van der Waals surface area contributed by atoms with E-state index in [2.05, 4.69) is 0 Å². The Labute approximate surface area is 97.4 Å². The Hall–Kier alpha value is 0.0300. The Morgan fingerprint density at radius 3 is 2.06 bits per heavy atom. The molecule has 0 aromatic rings. The minimum Gasteiger partial charge on any atom is -0.395 e. The molecule has 6 nitrogen and oxygen atoms in total. The first-order valence-corrected chi connectivity index (χ1v) is 6.49. The zero-order valence-corrected chi connectivity index (χ0v) is 10.1. The van der Waals surface area contributed by atoms with Crippen LogP contribution in [0.3, 0.4) is 0 Å². The molecule has 0 spiro atoms. The van der Waals surface area contributed by atoms with Crippen LogP contribution in [0.5, 0.6) is 0 Å². The van der Waals surface area contributed by atoms with Gasteiger partial charge in [-0.1, -0.05) is 14.4 Å². The van der Waals surface area contributed by atoms with Crippen LogP contribution in [0.1, 0.15) is 27.7 Å². The lowest BCUT2D eigenvalue weighted by molar-refractivity contribution is 0.128. The molecule has 0 saturated carbocycles. The third kappa shape index (κ3) is 6.58. The summed E-state index contributed by atoms with van der Waals surface area (Å²) in [7, 11) is -3.90. The van der Waals surface area contributed by atoms with Crippen LogP contribution in [0.2, 0.25) is 0 Å². The van der Waals surface area contributed by atoms with Crippen molar-refractivity contribution < 1.29 is 24.2 Å². The highest BCUT2D eigenvalue weighted by molar-refractivity contribution is 7.50. The van der Waals surface area contributed by atoms with Crippen LogP contribution in [0, 0.1) is 0 Å². The van der Waals surface area contributed by atoms with E-state index in [0.29, 0.717) is 6.42 Å². The summed E-state index contributed by atoms with van der Waals surface area (Å²) < 4.78 is 17.7. The number of aliphatic hydroxyl groups excluding tert-OH is 2. The van der Waals surface area contributed by atoms with Gasteiger partial charge in [0.25, 0.3) is 0 Å². The van der Waals surface area contributed by atoms with E-state index >= 15 is 0 Å². The van der Waals surface area contributed by atoms with E-state index in [1.165, 1.54) is 0 Å². The molecule has 0 rings (SSSR count). The van der Waals surface area contributed by atoms with Crippen molar-refractivity contribution in [2.45, 2.75) is 33.8 Å². The molecule has 16 heavy (non-hydrogen) atoms. The molecule has 0 aromatic heterocycles. The van der Waals surface area contributed by atoms with Crippen LogP contribution in [-0.4, -0.2) is 52.2 Å². The molecule has 0 aliphatic heterocycles. The van der Waals surface area contributed by atoms with E-state index in [9.17, 15) is 9.46 Å². The molecule has 0 radical (unpaired) electrons. The molecule has 0 amide bonds. The largest absolute Gasteiger partial charge is 0.405 e. The van der Waals surface area contributed by atoms with Gasteiger partial charge in [0.1, 0.15) is 0 Å². The fourth-order valence-electron chi connectivity index (χ4n) is 0.971. The van der Waals surface area contributed by atoms with Crippen LogP contribution in [0.15, 0.2) is 0 Å². The van der Waals surface area contributed by atoms with Crippen molar-refractivity contribution in [3.05, 3.63) is 0 Å². The lowest BCUT2D eigenvalue weighted by Gasteiger charge is -2.27. The third-order valence-electron chi connectivity index (χ3n) is 1.97. The molecule has 0 aliphatic rings. The van der Waals surface area contributed by atoms with Crippen molar-refractivity contribution in [1.82, 2.24) is 4.67 Å². The number of nitrogens with zero attached hydrogens (tertiary/aromatic N) is 1. The number of aliphatic hydroxyl groups is 2. The van der Waals surface area contributed by atoms with Crippen molar-refractivity contribution in [2.75, 3.05) is 26.3 Å². The van der Waals surface area contributed by atoms with E-state index < -0.39 is 7.75 Å². The molecule has 0 fully saturated rings. The first-order valence-electron chi connectivity index (χ1n) is 4.96. The average molecular weight is 257 g/mol. The smallest absolute Gasteiger partial charge is 0.395 e. The van der Waals surface area contributed by atoms with Gasteiger partial charge in [-0.2, -0.15) is 0 Å². The summed E-state index contributed by atoms with van der Waals surface area (Å²) >= 11 is 0. The van der Waals surface area contributed by atoms with Crippen LogP contribution in [-0.2, 0) is 9.09 Å². The SMILES string of the molecule is C.CCC(C)OP(=O)(O)N(CCO)CCO. The molecule has 100 valence electrons. The summed E-state index contributed by atoms with van der Waals surface area (Å²) in [6.07, 6.45) is 0.289. The quantitative estimate of drug-likeness (QED) is 0.558. The average Bonchev–Trinajstić information content (AvgIpc) is 2.16. The van der Waals surface area contributed by atoms with Gasteiger partial charge in [0.05, 0.1) is 19.3 Å². The van der Waals surface area contributed by atoms with Crippen molar-refractivity contribution in [3.8, 4) is 0 Å². The summed E-state index contributed by atoms with van der Waals surface area (Å²) in [6, 6.07) is 0. The first kappa shape index (κ1) is 18.4. The van der Waals surface area contributed by atoms with E-state index in [-0.39, 0.29) is 39.8 Å². The zero-order chi connectivity index (χ0) is 11.9. The van der Waals surface area contributed by atoms with Crippen LogP contribution in [0.4, 0.5) is 0 Å². The van der Waals surface area contributed by atoms with E-state index in [4.69, 9.17) is 14.7 Å². The molecule has 0 bridgehead atoms. The highest BCUT2D eigenvalue weighted by Gasteiger charge is 2.30. The van der Waals surface area contributed by atoms with Crippen LogP contribution < -0.4 is 0 Å². The highest BCUT2D eigenvalue weighted by Crippen LogP contribution is 2.47. The normalized spacial score (nSPS) is 16.6. The van der Waals surface area contributed by atoms with Gasteiger partial charge >= 0.3 is 7.75 Å². The van der Waals surface area contributed by atoms with Crippen LogP contribution >= 0.6 is 7.75 Å². The second kappa shape index (κ2) is 9.10. The Morgan fingerprint density at radius 2 is 1.75 bits per heavy atom. The third-order valence-corrected chi connectivity index (χ3v) is 3.72. The zero-order valence-electron chi connectivity index (χ0n) is 9.17. The van der Waals surface area contributed by atoms with Gasteiger partial charge in [-0.3, -0.25) is 4.52 Å². The minimum atomic E-state index is -3.90. The molecule has 0 aromatic carbocycles. The summed E-state index contributed by atoms with van der Waals surface area (Å²) in [5.41, 5.74) is 0. The Kier molecular flexibility index (Phi) is 10.5. The van der Waals surface area contributed by atoms with Gasteiger partial charge in [0.15, 0.2) is 0 Å². The molecule has 0 saturated heterocycles. The molecule has 2 unspecified atom stereocenters. The Bertz CT molecular complexity index is 208. The lowest BCUT2D eigenvalue weighted by atomic mass is 10.3. The molecule has 3 N–H and O–H groups in total. The predicted octanol–water partition coefficient (Wildman–Crippen LogP) is 0.825. The molecule has 0 heterocycles. The van der Waals surface area contributed by atoms with Gasteiger partial charge < -0.3 is 15.1 Å². The molecule has 7 heteroatoms. The van der Waals surface area contributed by atoms with Crippen molar-refractivity contribution >= 4 is 7.75 Å². The van der Waals surface area contributed by atoms with Crippen molar-refractivity contribution in [3.63, 3.8) is 0 Å². The van der Waals surface area contributed by atoms with Crippen molar-refractivity contribution in [2.24, 2.45) is 0 Å². The van der Waals surface area contributed by atoms with Gasteiger partial charge in [0.2, 0.25) is 0 Å². The molecular weight excluding hydrogens is 233 g/mol. The first-order chi connectivity index (χ1) is 6.97. The fraction of sp³-hybridized carbons (Fsp3) is 1.00. The maximum Gasteiger partial charge on any atom is 0.405 e. The monoisotopic (exact) mass is 257 g/mol. The summed E-state index contributed by atoms with van der Waals surface area (Å²) in [4.78, 5) is 9.57. The highest BCUT2D eigenvalue weighted by atomic mass is 31.2. The second-order valence-electron chi connectivity index (χ2n) is 3.22. The Morgan fingerprint density at radius 1 is 1.31 bits per heavy atom. The maximum absolute atomic E-state index is 11.7. The minimum absolute atomic E-state index is 0. The fourth-order valence-corrected chi connectivity index (χ4v) is 2.41. The van der Waals surface area contributed by atoms with E-state index in [0.717, 1.165) is 4.67 Å². The predicted molar refractivity (Wildman–Crippen MR) is 63.1 cm³/mol. The standard InChI is InChI=1S/C8H20NO5P.CH4/c1-3-8(2)14-15(12,13)9(4-6-10)5-7-11;/h8,10-11H,3-7H2,1-2H3,(H,12,13);1H4. The van der Waals surface area contributed by atoms with Crippen molar-refractivity contribution in [1.29, 1.82) is 0 Å².